The van der Waals surface area contributed by atoms with Crippen molar-refractivity contribution in [1.29, 1.82) is 0 Å². The van der Waals surface area contributed by atoms with Crippen molar-refractivity contribution >= 4 is 16.5 Å². The Morgan fingerprint density at radius 2 is 1.67 bits per heavy atom. The van der Waals surface area contributed by atoms with Gasteiger partial charge in [0.25, 0.3) is 0 Å². The average Bonchev–Trinajstić information content (AvgIpc) is 2.54. The van der Waals surface area contributed by atoms with Crippen LogP contribution in [0.4, 0.5) is 0 Å². The van der Waals surface area contributed by atoms with Gasteiger partial charge in [0.05, 0.1) is 6.54 Å². The van der Waals surface area contributed by atoms with Crippen LogP contribution in [0.3, 0.4) is 0 Å². The second kappa shape index (κ2) is 7.76. The first kappa shape index (κ1) is 17.7. The summed E-state index contributed by atoms with van der Waals surface area (Å²) < 4.78 is 26.4. The molecule has 0 aliphatic rings. The van der Waals surface area contributed by atoms with E-state index in [0.717, 1.165) is 16.7 Å². The summed E-state index contributed by atoms with van der Waals surface area (Å²) in [5, 5.41) is 10.8. The highest BCUT2D eigenvalue weighted by atomic mass is 32.2. The van der Waals surface area contributed by atoms with Crippen LogP contribution in [-0.4, -0.2) is 19.6 Å². The highest BCUT2D eigenvalue weighted by Gasteiger charge is 2.05. The van der Waals surface area contributed by atoms with Crippen molar-refractivity contribution in [3.8, 4) is 16.9 Å². The molecule has 6 nitrogen and oxygen atoms in total. The molecule has 2 N–H and O–H groups in total. The Hall–Kier alpha value is -2.64. The zero-order chi connectivity index (χ0) is 17.6. The molecule has 0 amide bonds. The smallest absolute Gasteiger partial charge is 0.371 e. The van der Waals surface area contributed by atoms with Gasteiger partial charge in [0.15, 0.2) is 0 Å². The summed E-state index contributed by atoms with van der Waals surface area (Å²) in [5.41, 5.74) is 3.04. The van der Waals surface area contributed by atoms with Crippen LogP contribution < -0.4 is 9.32 Å². The molecule has 0 heterocycles. The summed E-state index contributed by atoms with van der Waals surface area (Å²) >= 11 is 0. The van der Waals surface area contributed by atoms with E-state index in [9.17, 15) is 8.42 Å². The second-order valence-corrected chi connectivity index (χ2v) is 6.10. The van der Waals surface area contributed by atoms with Crippen LogP contribution in [0.25, 0.3) is 11.1 Å². The van der Waals surface area contributed by atoms with Crippen molar-refractivity contribution in [1.82, 2.24) is 5.01 Å². The number of hydrogen-bond donors (Lipinski definition) is 1. The molecule has 0 atom stereocenters. The maximum atomic E-state index is 10.9. The Morgan fingerprint density at radius 3 is 2.12 bits per heavy atom. The largest absolute Gasteiger partial charge is 0.380 e. The highest BCUT2D eigenvalue weighted by Crippen LogP contribution is 2.23. The molecule has 0 aliphatic heterocycles. The Balaban J connectivity index is 2.11. The minimum absolute atomic E-state index is 0.178. The van der Waals surface area contributed by atoms with Crippen molar-refractivity contribution in [2.24, 2.45) is 10.2 Å². The van der Waals surface area contributed by atoms with E-state index in [0.29, 0.717) is 6.54 Å². The molecule has 2 aromatic rings. The van der Waals surface area contributed by atoms with Crippen molar-refractivity contribution in [2.75, 3.05) is 0 Å². The third kappa shape index (κ3) is 5.22. The molecule has 0 bridgehead atoms. The van der Waals surface area contributed by atoms with Crippen LogP contribution in [0, 0.1) is 0 Å². The van der Waals surface area contributed by atoms with Crippen molar-refractivity contribution < 1.29 is 12.6 Å². The lowest BCUT2D eigenvalue weighted by Gasteiger charge is -2.13. The molecule has 0 saturated carbocycles. The monoisotopic (exact) mass is 345 g/mol. The number of rotatable bonds is 7. The maximum Gasteiger partial charge on any atom is 0.380 e. The van der Waals surface area contributed by atoms with Crippen molar-refractivity contribution in [3.05, 3.63) is 66.9 Å². The van der Waals surface area contributed by atoms with Gasteiger partial charge in [-0.25, -0.2) is 0 Å². The van der Waals surface area contributed by atoms with Crippen LogP contribution in [0.5, 0.6) is 5.75 Å². The van der Waals surface area contributed by atoms with Gasteiger partial charge < -0.3 is 4.18 Å². The first-order valence-corrected chi connectivity index (χ1v) is 8.68. The number of nitrogens with zero attached hydrogens (tertiary/aromatic N) is 2. The molecule has 0 saturated heterocycles. The molecule has 2 aromatic carbocycles. The summed E-state index contributed by atoms with van der Waals surface area (Å²) in [4.78, 5) is 0. The predicted molar refractivity (Wildman–Crippen MR) is 95.5 cm³/mol. The lowest BCUT2D eigenvalue weighted by atomic mass is 10.0. The van der Waals surface area contributed by atoms with Gasteiger partial charge in [0.2, 0.25) is 0 Å². The zero-order valence-corrected chi connectivity index (χ0v) is 14.1. The maximum absolute atomic E-state index is 10.9. The van der Waals surface area contributed by atoms with Gasteiger partial charge >= 0.3 is 10.3 Å². The lowest BCUT2D eigenvalue weighted by molar-refractivity contribution is 0.395. The molecule has 126 valence electrons. The standard InChI is InChI=1S/C17H19N3O3S/c1-3-19-20(4-2)13-14-5-7-15(8-6-14)16-9-11-17(12-10-16)23-24(18,21)22/h3-12H,2,13H2,1H3,(H2,18,21,22)/b19-3-. The first-order valence-electron chi connectivity index (χ1n) is 7.20. The molecular weight excluding hydrogens is 326 g/mol. The molecule has 0 unspecified atom stereocenters. The molecular formula is C17H19N3O3S. The van der Waals surface area contributed by atoms with Gasteiger partial charge in [-0.05, 0) is 35.7 Å². The second-order valence-electron chi connectivity index (χ2n) is 4.95. The molecule has 2 rings (SSSR count). The third-order valence-electron chi connectivity index (χ3n) is 3.17. The van der Waals surface area contributed by atoms with Crippen LogP contribution in [0.15, 0.2) is 66.4 Å². The summed E-state index contributed by atoms with van der Waals surface area (Å²) in [5.74, 6) is 0.178. The van der Waals surface area contributed by atoms with Crippen LogP contribution >= 0.6 is 0 Å². The molecule has 0 spiro atoms. The topological polar surface area (TPSA) is 85.0 Å². The Labute approximate surface area is 142 Å². The molecule has 0 radical (unpaired) electrons. The number of hydrogen-bond acceptors (Lipinski definition) is 5. The van der Waals surface area contributed by atoms with Gasteiger partial charge in [0.1, 0.15) is 5.75 Å². The minimum Gasteiger partial charge on any atom is -0.371 e. The quantitative estimate of drug-likeness (QED) is 0.617. The summed E-state index contributed by atoms with van der Waals surface area (Å²) in [6.07, 6.45) is 3.37. The normalized spacial score (nSPS) is 11.4. The Kier molecular flexibility index (Phi) is 5.73. The fraction of sp³-hybridized carbons (Fsp3) is 0.118. The number of nitrogens with two attached hydrogens (primary N) is 1. The van der Waals surface area contributed by atoms with E-state index >= 15 is 0 Å². The third-order valence-corrected chi connectivity index (χ3v) is 3.60. The van der Waals surface area contributed by atoms with E-state index in [4.69, 9.17) is 5.14 Å². The summed E-state index contributed by atoms with van der Waals surface area (Å²) in [6, 6.07) is 14.6. The van der Waals surface area contributed by atoms with E-state index < -0.39 is 10.3 Å². The molecule has 0 fully saturated rings. The van der Waals surface area contributed by atoms with Gasteiger partial charge in [0, 0.05) is 12.4 Å². The molecule has 0 aliphatic carbocycles. The van der Waals surface area contributed by atoms with Crippen molar-refractivity contribution in [2.45, 2.75) is 13.5 Å². The Morgan fingerprint density at radius 1 is 1.12 bits per heavy atom. The Bertz CT molecular complexity index is 813. The van der Waals surface area contributed by atoms with Crippen LogP contribution in [0.1, 0.15) is 12.5 Å². The van der Waals surface area contributed by atoms with E-state index in [-0.39, 0.29) is 5.75 Å². The SMILES string of the molecule is C=CN(Cc1ccc(-c2ccc(OS(N)(=O)=O)cc2)cc1)/N=C\C. The molecule has 7 heteroatoms. The van der Waals surface area contributed by atoms with Gasteiger partial charge in [-0.2, -0.15) is 18.7 Å². The zero-order valence-electron chi connectivity index (χ0n) is 13.3. The number of benzene rings is 2. The van der Waals surface area contributed by atoms with E-state index in [2.05, 4.69) is 15.9 Å². The minimum atomic E-state index is -4.00. The molecule has 0 aromatic heterocycles. The fourth-order valence-electron chi connectivity index (χ4n) is 2.13. The van der Waals surface area contributed by atoms with Crippen LogP contribution in [0.2, 0.25) is 0 Å². The predicted octanol–water partition coefficient (Wildman–Crippen LogP) is 2.89. The van der Waals surface area contributed by atoms with Gasteiger partial charge in [-0.3, -0.25) is 5.01 Å². The van der Waals surface area contributed by atoms with E-state index in [1.54, 1.807) is 41.7 Å². The average molecular weight is 345 g/mol. The van der Waals surface area contributed by atoms with E-state index in [1.807, 2.05) is 31.2 Å². The van der Waals surface area contributed by atoms with Crippen molar-refractivity contribution in [3.63, 3.8) is 0 Å². The fourth-order valence-corrected chi connectivity index (χ4v) is 2.51. The first-order chi connectivity index (χ1) is 11.4. The molecule has 24 heavy (non-hydrogen) atoms. The van der Waals surface area contributed by atoms with Gasteiger partial charge in [-0.15, -0.1) is 0 Å². The van der Waals surface area contributed by atoms with Crippen LogP contribution in [-0.2, 0) is 16.8 Å². The lowest BCUT2D eigenvalue weighted by Crippen LogP contribution is -2.18. The highest BCUT2D eigenvalue weighted by molar-refractivity contribution is 7.84. The summed E-state index contributed by atoms with van der Waals surface area (Å²) in [6.45, 7) is 6.21. The number of hydrazone groups is 1. The van der Waals surface area contributed by atoms with E-state index in [1.165, 1.54) is 0 Å². The summed E-state index contributed by atoms with van der Waals surface area (Å²) in [7, 11) is -4.00. The van der Waals surface area contributed by atoms with Gasteiger partial charge in [-0.1, -0.05) is 43.0 Å².